The zero-order valence-corrected chi connectivity index (χ0v) is 19.8. The predicted octanol–water partition coefficient (Wildman–Crippen LogP) is 3.08. The Morgan fingerprint density at radius 1 is 1.19 bits per heavy atom. The van der Waals surface area contributed by atoms with Crippen molar-refractivity contribution in [2.45, 2.75) is 39.7 Å². The maximum atomic E-state index is 13.0. The molecule has 0 atom stereocenters. The van der Waals surface area contributed by atoms with Crippen molar-refractivity contribution in [1.82, 2.24) is 39.3 Å². The van der Waals surface area contributed by atoms with Gasteiger partial charge in [-0.15, -0.1) is 0 Å². The molecule has 37 heavy (non-hydrogen) atoms. The SMILES string of the molecule is CCn1nc(C)cc1NC(=O)Cn1cnc2c(NCc3nc4cc(C(F)(F)F)ccc4[nH]3)nc(N)nc21. The van der Waals surface area contributed by atoms with Gasteiger partial charge in [0.25, 0.3) is 0 Å². The van der Waals surface area contributed by atoms with E-state index in [1.807, 2.05) is 13.8 Å². The summed E-state index contributed by atoms with van der Waals surface area (Å²) in [5.74, 6) is 0.913. The number of hydrogen-bond donors (Lipinski definition) is 4. The highest BCUT2D eigenvalue weighted by Gasteiger charge is 2.30. The van der Waals surface area contributed by atoms with Crippen molar-refractivity contribution < 1.29 is 18.0 Å². The van der Waals surface area contributed by atoms with Gasteiger partial charge in [-0.05, 0) is 32.0 Å². The topological polar surface area (TPSA) is 157 Å². The lowest BCUT2D eigenvalue weighted by molar-refractivity contribution is -0.137. The van der Waals surface area contributed by atoms with Crippen LogP contribution in [0.5, 0.6) is 0 Å². The molecule has 1 amide bonds. The molecule has 1 aromatic carbocycles. The number of H-pyrrole nitrogens is 1. The molecular weight excluding hydrogens is 491 g/mol. The Hall–Kier alpha value is -4.69. The van der Waals surface area contributed by atoms with Crippen LogP contribution in [0.25, 0.3) is 22.2 Å². The smallest absolute Gasteiger partial charge is 0.368 e. The summed E-state index contributed by atoms with van der Waals surface area (Å²) < 4.78 is 42.2. The number of alkyl halides is 3. The lowest BCUT2D eigenvalue weighted by Crippen LogP contribution is -2.20. The normalized spacial score (nSPS) is 11.9. The highest BCUT2D eigenvalue weighted by Crippen LogP contribution is 2.31. The summed E-state index contributed by atoms with van der Waals surface area (Å²) >= 11 is 0. The standard InChI is InChI=1S/C22H22F3N11O/c1-3-36-16(6-11(2)34-36)31-17(37)9-35-10-28-18-19(32-21(26)33-20(18)35)27-8-15-29-13-5-4-12(22(23,24)25)7-14(13)30-15/h4-7,10H,3,8-9H2,1-2H3,(H,29,30)(H,31,37)(H3,26,27,32,33). The van der Waals surface area contributed by atoms with Crippen LogP contribution in [-0.2, 0) is 30.6 Å². The summed E-state index contributed by atoms with van der Waals surface area (Å²) in [5, 5.41) is 10.2. The van der Waals surface area contributed by atoms with Gasteiger partial charge in [-0.3, -0.25) is 4.79 Å². The van der Waals surface area contributed by atoms with Crippen molar-refractivity contribution >= 4 is 45.7 Å². The van der Waals surface area contributed by atoms with Crippen molar-refractivity contribution in [2.24, 2.45) is 0 Å². The van der Waals surface area contributed by atoms with Gasteiger partial charge in [0.2, 0.25) is 11.9 Å². The van der Waals surface area contributed by atoms with E-state index in [-0.39, 0.29) is 36.3 Å². The third kappa shape index (κ3) is 4.87. The number of benzene rings is 1. The molecular formula is C22H22F3N11O. The number of nitrogens with two attached hydrogens (primary N) is 1. The zero-order chi connectivity index (χ0) is 26.3. The van der Waals surface area contributed by atoms with Gasteiger partial charge in [0.1, 0.15) is 18.2 Å². The maximum absolute atomic E-state index is 13.0. The van der Waals surface area contributed by atoms with E-state index >= 15 is 0 Å². The molecule has 0 spiro atoms. The van der Waals surface area contributed by atoms with Gasteiger partial charge >= 0.3 is 6.18 Å². The minimum absolute atomic E-state index is 0.0451. The molecule has 12 nitrogen and oxygen atoms in total. The van der Waals surface area contributed by atoms with E-state index in [9.17, 15) is 18.0 Å². The Morgan fingerprint density at radius 2 is 2.00 bits per heavy atom. The second-order valence-corrected chi connectivity index (χ2v) is 8.28. The fourth-order valence-electron chi connectivity index (χ4n) is 3.91. The van der Waals surface area contributed by atoms with Crippen LogP contribution in [0.15, 0.2) is 30.6 Å². The number of nitrogen functional groups attached to an aromatic ring is 1. The highest BCUT2D eigenvalue weighted by atomic mass is 19.4. The Morgan fingerprint density at radius 3 is 2.76 bits per heavy atom. The Labute approximate surface area is 207 Å². The number of nitrogens with one attached hydrogen (secondary N) is 3. The van der Waals surface area contributed by atoms with Crippen LogP contribution in [0.2, 0.25) is 0 Å². The number of halogens is 3. The second-order valence-electron chi connectivity index (χ2n) is 8.28. The number of carbonyl (C=O) groups is 1. The van der Waals surface area contributed by atoms with Crippen molar-refractivity contribution in [3.63, 3.8) is 0 Å². The first-order valence-corrected chi connectivity index (χ1v) is 11.2. The van der Waals surface area contributed by atoms with Crippen molar-refractivity contribution in [1.29, 1.82) is 0 Å². The number of rotatable bonds is 7. The van der Waals surface area contributed by atoms with Crippen molar-refractivity contribution in [2.75, 3.05) is 16.4 Å². The Kier molecular flexibility index (Phi) is 5.89. The minimum atomic E-state index is -4.46. The van der Waals surface area contributed by atoms with Gasteiger partial charge < -0.3 is 25.9 Å². The van der Waals surface area contributed by atoms with Gasteiger partial charge in [0.15, 0.2) is 17.0 Å². The van der Waals surface area contributed by atoms with Crippen LogP contribution in [0.4, 0.5) is 30.8 Å². The van der Waals surface area contributed by atoms with Crippen LogP contribution in [0.3, 0.4) is 0 Å². The number of aromatic nitrogens is 8. The molecule has 0 aliphatic carbocycles. The molecule has 5 rings (SSSR count). The van der Waals surface area contributed by atoms with E-state index in [1.165, 1.54) is 17.0 Å². The number of hydrogen-bond acceptors (Lipinski definition) is 8. The lowest BCUT2D eigenvalue weighted by atomic mass is 10.2. The molecule has 5 aromatic rings. The number of amides is 1. The third-order valence-corrected chi connectivity index (χ3v) is 5.55. The van der Waals surface area contributed by atoms with Crippen LogP contribution in [-0.4, -0.2) is 45.2 Å². The number of nitrogens with zero attached hydrogens (tertiary/aromatic N) is 7. The van der Waals surface area contributed by atoms with E-state index in [1.54, 1.807) is 10.7 Å². The maximum Gasteiger partial charge on any atom is 0.416 e. The molecule has 192 valence electrons. The minimum Gasteiger partial charge on any atom is -0.368 e. The molecule has 0 radical (unpaired) electrons. The van der Waals surface area contributed by atoms with E-state index in [0.717, 1.165) is 17.8 Å². The molecule has 0 unspecified atom stereocenters. The molecule has 0 bridgehead atoms. The van der Waals surface area contributed by atoms with E-state index in [4.69, 9.17) is 5.73 Å². The molecule has 0 saturated heterocycles. The molecule has 15 heteroatoms. The number of imidazole rings is 2. The van der Waals surface area contributed by atoms with Gasteiger partial charge in [-0.2, -0.15) is 28.2 Å². The number of anilines is 3. The van der Waals surface area contributed by atoms with Crippen molar-refractivity contribution in [3.8, 4) is 0 Å². The number of carbonyl (C=O) groups excluding carboxylic acids is 1. The number of aryl methyl sites for hydroxylation is 2. The zero-order valence-electron chi connectivity index (χ0n) is 19.8. The van der Waals surface area contributed by atoms with Crippen LogP contribution < -0.4 is 16.4 Å². The number of aromatic amines is 1. The summed E-state index contributed by atoms with van der Waals surface area (Å²) in [4.78, 5) is 32.6. The molecule has 5 N–H and O–H groups in total. The van der Waals surface area contributed by atoms with Crippen LogP contribution in [0, 0.1) is 6.92 Å². The number of fused-ring (bicyclic) bond motifs is 2. The first-order valence-electron chi connectivity index (χ1n) is 11.2. The van der Waals surface area contributed by atoms with E-state index in [2.05, 4.69) is 40.7 Å². The van der Waals surface area contributed by atoms with Gasteiger partial charge in [-0.25, -0.2) is 14.6 Å². The fraction of sp³-hybridized carbons (Fsp3) is 0.273. The lowest BCUT2D eigenvalue weighted by Gasteiger charge is -2.09. The van der Waals surface area contributed by atoms with E-state index < -0.39 is 11.7 Å². The van der Waals surface area contributed by atoms with Crippen LogP contribution >= 0.6 is 0 Å². The first kappa shape index (κ1) is 24.0. The molecule has 4 aromatic heterocycles. The first-order chi connectivity index (χ1) is 17.6. The second kappa shape index (κ2) is 9.07. The molecule has 0 saturated carbocycles. The summed E-state index contributed by atoms with van der Waals surface area (Å²) in [6.07, 6.45) is -3.01. The van der Waals surface area contributed by atoms with Crippen LogP contribution in [0.1, 0.15) is 24.0 Å². The molecule has 0 fully saturated rings. The quantitative estimate of drug-likeness (QED) is 0.259. The Bertz CT molecular complexity index is 1620. The average molecular weight is 513 g/mol. The van der Waals surface area contributed by atoms with Gasteiger partial charge in [-0.1, -0.05) is 0 Å². The van der Waals surface area contributed by atoms with Crippen molar-refractivity contribution in [3.05, 3.63) is 47.7 Å². The monoisotopic (exact) mass is 513 g/mol. The summed E-state index contributed by atoms with van der Waals surface area (Å²) in [5.41, 5.74) is 7.26. The summed E-state index contributed by atoms with van der Waals surface area (Å²) in [6, 6.07) is 5.08. The molecule has 0 aliphatic heterocycles. The fourth-order valence-corrected chi connectivity index (χ4v) is 3.91. The highest BCUT2D eigenvalue weighted by molar-refractivity contribution is 5.91. The third-order valence-electron chi connectivity index (χ3n) is 5.55. The molecule has 0 aliphatic rings. The summed E-state index contributed by atoms with van der Waals surface area (Å²) in [6.45, 7) is 4.39. The average Bonchev–Trinajstić information content (AvgIpc) is 3.52. The summed E-state index contributed by atoms with van der Waals surface area (Å²) in [7, 11) is 0. The van der Waals surface area contributed by atoms with E-state index in [0.29, 0.717) is 34.9 Å². The largest absolute Gasteiger partial charge is 0.416 e. The van der Waals surface area contributed by atoms with Gasteiger partial charge in [0.05, 0.1) is 35.2 Å². The van der Waals surface area contributed by atoms with Gasteiger partial charge in [0, 0.05) is 12.6 Å². The molecule has 4 heterocycles. The Balaban J connectivity index is 1.34. The predicted molar refractivity (Wildman–Crippen MR) is 129 cm³/mol.